The Hall–Kier alpha value is -6.28. The molecule has 5 fully saturated rings. The van der Waals surface area contributed by atoms with Crippen molar-refractivity contribution < 1.29 is 47.8 Å². The van der Waals surface area contributed by atoms with Crippen molar-refractivity contribution in [3.63, 3.8) is 0 Å². The second-order valence-electron chi connectivity index (χ2n) is 24.2. The lowest BCUT2D eigenvalue weighted by Crippen LogP contribution is -2.58. The summed E-state index contributed by atoms with van der Waals surface area (Å²) in [4.78, 5) is 118. The SMILES string of the molecule is CCN[C@@H](C)C(=O)N[C@H](C(=O)N1C[C@@H](NC(=O)C2CCC(C(=O)N[C@H]3C[C@@H](C(=O)N[C@@H]4CCOc5ccccc54)N(C(=O)[C@@H](NC(=O)[C@H](C)NCC)C4CCCCC4)C3)CC2)C[C@H]1C(=O)N[C@H]1CCOc2ccccc21)C1CCCCC1. The molecule has 7 aliphatic rings. The molecular formula is C62H90N10O10. The van der Waals surface area contributed by atoms with Crippen molar-refractivity contribution >= 4 is 47.3 Å². The quantitative estimate of drug-likeness (QED) is 0.0920. The first-order valence-corrected chi connectivity index (χ1v) is 31.0. The van der Waals surface area contributed by atoms with Crippen LogP contribution in [0.2, 0.25) is 0 Å². The fourth-order valence-corrected chi connectivity index (χ4v) is 14.1. The van der Waals surface area contributed by atoms with Crippen LogP contribution in [0.4, 0.5) is 0 Å². The van der Waals surface area contributed by atoms with Crippen molar-refractivity contribution in [2.24, 2.45) is 23.7 Å². The van der Waals surface area contributed by atoms with Gasteiger partial charge in [-0.15, -0.1) is 0 Å². The van der Waals surface area contributed by atoms with Gasteiger partial charge in [0.05, 0.1) is 37.4 Å². The molecule has 2 aromatic carbocycles. The maximum Gasteiger partial charge on any atom is 0.246 e. The van der Waals surface area contributed by atoms with Crippen LogP contribution in [-0.2, 0) is 38.4 Å². The highest BCUT2D eigenvalue weighted by atomic mass is 16.5. The summed E-state index contributed by atoms with van der Waals surface area (Å²) in [5.41, 5.74) is 1.72. The van der Waals surface area contributed by atoms with Gasteiger partial charge < -0.3 is 61.8 Å². The Kier molecular flexibility index (Phi) is 20.8. The predicted molar refractivity (Wildman–Crippen MR) is 308 cm³/mol. The van der Waals surface area contributed by atoms with E-state index in [-0.39, 0.29) is 97.1 Å². The molecule has 0 unspecified atom stereocenters. The fraction of sp³-hybridized carbons (Fsp3) is 0.677. The molecule has 0 spiro atoms. The Morgan fingerprint density at radius 3 is 1.24 bits per heavy atom. The number of rotatable bonds is 20. The maximum absolute atomic E-state index is 15.0. The van der Waals surface area contributed by atoms with Gasteiger partial charge in [-0.2, -0.15) is 0 Å². The first kappa shape index (κ1) is 60.3. The largest absolute Gasteiger partial charge is 0.493 e. The zero-order valence-electron chi connectivity index (χ0n) is 48.6. The van der Waals surface area contributed by atoms with Gasteiger partial charge in [0.1, 0.15) is 35.7 Å². The molecule has 0 radical (unpaired) electrons. The Labute approximate surface area is 483 Å². The second-order valence-corrected chi connectivity index (χ2v) is 24.2. The van der Waals surface area contributed by atoms with Gasteiger partial charge in [-0.3, -0.25) is 38.4 Å². The highest BCUT2D eigenvalue weighted by Crippen LogP contribution is 2.37. The van der Waals surface area contributed by atoms with E-state index < -0.39 is 60.2 Å². The van der Waals surface area contributed by atoms with Gasteiger partial charge in [-0.25, -0.2) is 0 Å². The monoisotopic (exact) mass is 1130 g/mol. The van der Waals surface area contributed by atoms with E-state index >= 15 is 9.59 Å². The van der Waals surface area contributed by atoms with Gasteiger partial charge in [0.2, 0.25) is 47.3 Å². The minimum absolute atomic E-state index is 0.0951. The zero-order valence-corrected chi connectivity index (χ0v) is 48.6. The third-order valence-corrected chi connectivity index (χ3v) is 18.7. The molecule has 3 aliphatic carbocycles. The van der Waals surface area contributed by atoms with Crippen LogP contribution < -0.4 is 52.0 Å². The van der Waals surface area contributed by atoms with E-state index in [2.05, 4.69) is 42.5 Å². The Morgan fingerprint density at radius 2 is 0.866 bits per heavy atom. The number of para-hydroxylation sites is 2. The van der Waals surface area contributed by atoms with Crippen LogP contribution in [0.3, 0.4) is 0 Å². The van der Waals surface area contributed by atoms with Crippen LogP contribution in [0.25, 0.3) is 0 Å². The molecule has 8 N–H and O–H groups in total. The molecule has 2 aromatic rings. The van der Waals surface area contributed by atoms with Crippen molar-refractivity contribution in [2.45, 2.75) is 204 Å². The van der Waals surface area contributed by atoms with Gasteiger partial charge in [-0.05, 0) is 115 Å². The number of nitrogens with one attached hydrogen (secondary N) is 8. The van der Waals surface area contributed by atoms with E-state index in [9.17, 15) is 28.8 Å². The molecule has 4 aliphatic heterocycles. The van der Waals surface area contributed by atoms with E-state index in [1.807, 2.05) is 62.4 Å². The van der Waals surface area contributed by atoms with Gasteiger partial charge in [0.25, 0.3) is 0 Å². The normalized spacial score (nSPS) is 27.1. The van der Waals surface area contributed by atoms with Crippen molar-refractivity contribution in [1.82, 2.24) is 52.3 Å². The molecule has 448 valence electrons. The first-order chi connectivity index (χ1) is 39.7. The average Bonchev–Trinajstić information content (AvgIpc) is 4.21. The summed E-state index contributed by atoms with van der Waals surface area (Å²) >= 11 is 0. The summed E-state index contributed by atoms with van der Waals surface area (Å²) in [6.45, 7) is 9.58. The van der Waals surface area contributed by atoms with Crippen LogP contribution in [-0.4, -0.2) is 145 Å². The number of amides is 8. The van der Waals surface area contributed by atoms with Crippen molar-refractivity contribution in [1.29, 1.82) is 0 Å². The maximum atomic E-state index is 15.0. The smallest absolute Gasteiger partial charge is 0.246 e. The predicted octanol–water partition coefficient (Wildman–Crippen LogP) is 4.37. The number of ether oxygens (including phenoxy) is 2. The Balaban J connectivity index is 0.858. The summed E-state index contributed by atoms with van der Waals surface area (Å²) in [6.07, 6.45) is 12.2. The second kappa shape index (κ2) is 28.3. The number of benzene rings is 2. The lowest BCUT2D eigenvalue weighted by Gasteiger charge is -2.35. The molecule has 20 heteroatoms. The van der Waals surface area contributed by atoms with Gasteiger partial charge in [0.15, 0.2) is 0 Å². The summed E-state index contributed by atoms with van der Waals surface area (Å²) in [5.74, 6) is -1.87. The topological polar surface area (TPSA) is 258 Å². The molecule has 3 saturated carbocycles. The first-order valence-electron chi connectivity index (χ1n) is 31.0. The highest BCUT2D eigenvalue weighted by molar-refractivity contribution is 5.95. The minimum Gasteiger partial charge on any atom is -0.493 e. The van der Waals surface area contributed by atoms with E-state index in [0.717, 1.165) is 75.3 Å². The molecule has 9 rings (SSSR count). The summed E-state index contributed by atoms with van der Waals surface area (Å²) in [7, 11) is 0. The number of nitrogens with zero attached hydrogens (tertiary/aromatic N) is 2. The molecule has 8 amide bonds. The number of carbonyl (C=O) groups excluding carboxylic acids is 8. The van der Waals surface area contributed by atoms with Gasteiger partial charge >= 0.3 is 0 Å². The number of likely N-dealkylation sites (tertiary alicyclic amines) is 2. The molecule has 10 atom stereocenters. The van der Waals surface area contributed by atoms with Crippen LogP contribution in [0.1, 0.15) is 166 Å². The molecule has 0 bridgehead atoms. The van der Waals surface area contributed by atoms with Crippen LogP contribution in [0, 0.1) is 23.7 Å². The van der Waals surface area contributed by atoms with E-state index in [0.29, 0.717) is 76.3 Å². The van der Waals surface area contributed by atoms with Crippen LogP contribution in [0.15, 0.2) is 48.5 Å². The van der Waals surface area contributed by atoms with Crippen LogP contribution in [0.5, 0.6) is 11.5 Å². The van der Waals surface area contributed by atoms with Crippen molar-refractivity contribution in [3.05, 3.63) is 59.7 Å². The van der Waals surface area contributed by atoms with E-state index in [1.54, 1.807) is 23.6 Å². The standard InChI is InChI=1S/C62H90N10O10/c1-5-63-37(3)55(73)69-53(39-17-9-7-10-18-39)61(79)71-35-43(33-49(71)59(77)67-47-29-31-81-51-23-15-13-21-45(47)51)65-57(75)41-25-27-42(28-26-41)58(76)66-44-34-50(60(78)68-48-30-32-82-52-24-16-14-22-46(48)52)72(36-44)62(80)54(40-19-11-8-12-20-40)70-56(74)38(4)64-6-2/h13-16,21-24,37-44,47-50,53-54,63-64H,5-12,17-20,25-36H2,1-4H3,(H,65,75)(H,66,76)(H,67,77)(H,68,78)(H,69,73)(H,70,74)/t37-,38-,41?,42?,43-,44-,47-,48+,49-,50-,53-,54-/m0/s1. The van der Waals surface area contributed by atoms with Gasteiger partial charge in [-0.1, -0.05) is 88.8 Å². The summed E-state index contributed by atoms with van der Waals surface area (Å²) < 4.78 is 11.8. The Bertz CT molecular complexity index is 2410. The number of hydrogen-bond donors (Lipinski definition) is 8. The van der Waals surface area contributed by atoms with Crippen molar-refractivity contribution in [3.8, 4) is 11.5 Å². The molecule has 4 heterocycles. The van der Waals surface area contributed by atoms with E-state index in [4.69, 9.17) is 9.47 Å². The highest BCUT2D eigenvalue weighted by Gasteiger charge is 2.48. The third kappa shape index (κ3) is 14.5. The summed E-state index contributed by atoms with van der Waals surface area (Å²) in [5, 5.41) is 25.4. The minimum atomic E-state index is -0.906. The van der Waals surface area contributed by atoms with Crippen molar-refractivity contribution in [2.75, 3.05) is 39.4 Å². The number of likely N-dealkylation sites (N-methyl/N-ethyl adjacent to an activating group) is 2. The zero-order chi connectivity index (χ0) is 57.9. The average molecular weight is 1140 g/mol. The van der Waals surface area contributed by atoms with Crippen LogP contribution >= 0.6 is 0 Å². The number of carbonyl (C=O) groups is 8. The summed E-state index contributed by atoms with van der Waals surface area (Å²) in [6, 6.07) is 8.90. The van der Waals surface area contributed by atoms with Gasteiger partial charge in [0, 0.05) is 61.0 Å². The molecule has 20 nitrogen and oxygen atoms in total. The molecule has 2 saturated heterocycles. The Morgan fingerprint density at radius 1 is 0.488 bits per heavy atom. The fourth-order valence-electron chi connectivity index (χ4n) is 14.1. The number of hydrogen-bond acceptors (Lipinski definition) is 12. The van der Waals surface area contributed by atoms with E-state index in [1.165, 1.54) is 0 Å². The molecular weight excluding hydrogens is 1040 g/mol. The lowest BCUT2D eigenvalue weighted by molar-refractivity contribution is -0.143. The lowest BCUT2D eigenvalue weighted by atomic mass is 9.81. The third-order valence-electron chi connectivity index (χ3n) is 18.7. The number of fused-ring (bicyclic) bond motifs is 2. The molecule has 0 aromatic heterocycles. The molecule has 82 heavy (non-hydrogen) atoms.